The number of benzene rings is 2. The highest BCUT2D eigenvalue weighted by Gasteiger charge is 2.05. The van der Waals surface area contributed by atoms with Gasteiger partial charge in [0, 0.05) is 16.1 Å². The normalized spacial score (nSPS) is 10.6. The zero-order chi connectivity index (χ0) is 16.8. The van der Waals surface area contributed by atoms with Crippen LogP contribution in [0.25, 0.3) is 6.08 Å². The Morgan fingerprint density at radius 2 is 1.65 bits per heavy atom. The number of anilines is 1. The van der Waals surface area contributed by atoms with Crippen LogP contribution in [-0.4, -0.2) is 11.0 Å². The first-order chi connectivity index (χ1) is 10.9. The van der Waals surface area contributed by atoms with Crippen molar-refractivity contribution in [2.75, 3.05) is 5.32 Å². The minimum Gasteiger partial charge on any atom is -0.331 e. The van der Waals surface area contributed by atoms with Crippen molar-refractivity contribution in [2.24, 2.45) is 0 Å². The summed E-state index contributed by atoms with van der Waals surface area (Å²) in [7, 11) is 0. The lowest BCUT2D eigenvalue weighted by atomic mass is 10.2. The first-order valence-corrected chi connectivity index (χ1v) is 7.99. The highest BCUT2D eigenvalue weighted by Crippen LogP contribution is 2.25. The minimum absolute atomic E-state index is 0.139. The lowest BCUT2D eigenvalue weighted by Gasteiger charge is -2.09. The van der Waals surface area contributed by atoms with Crippen LogP contribution >= 0.6 is 47.0 Å². The zero-order valence-corrected chi connectivity index (χ0v) is 14.7. The predicted octanol–water partition coefficient (Wildman–Crippen LogP) is 5.17. The molecule has 0 aliphatic heterocycles. The molecule has 0 radical (unpaired) electrons. The molecule has 0 unspecified atom stereocenters. The third-order valence-electron chi connectivity index (χ3n) is 2.71. The average Bonchev–Trinajstić information content (AvgIpc) is 2.49. The molecule has 7 heteroatoms. The number of amides is 1. The molecular formula is C16H11Cl3N2OS. The predicted molar refractivity (Wildman–Crippen MR) is 101 cm³/mol. The summed E-state index contributed by atoms with van der Waals surface area (Å²) in [6.07, 6.45) is 3.03. The van der Waals surface area contributed by atoms with E-state index in [2.05, 4.69) is 10.6 Å². The SMILES string of the molecule is O=C(C=Cc1ccc(Cl)cc1)NC(=S)Nc1ccc(Cl)cc1Cl. The topological polar surface area (TPSA) is 41.1 Å². The van der Waals surface area contributed by atoms with Gasteiger partial charge in [-0.2, -0.15) is 0 Å². The van der Waals surface area contributed by atoms with Crippen LogP contribution in [0.5, 0.6) is 0 Å². The fraction of sp³-hybridized carbons (Fsp3) is 0. The lowest BCUT2D eigenvalue weighted by molar-refractivity contribution is -0.115. The van der Waals surface area contributed by atoms with E-state index >= 15 is 0 Å². The smallest absolute Gasteiger partial charge is 0.250 e. The van der Waals surface area contributed by atoms with Crippen molar-refractivity contribution in [3.63, 3.8) is 0 Å². The molecule has 1 amide bonds. The van der Waals surface area contributed by atoms with E-state index in [0.29, 0.717) is 20.8 Å². The van der Waals surface area contributed by atoms with Crippen LogP contribution in [0.2, 0.25) is 15.1 Å². The number of halogens is 3. The van der Waals surface area contributed by atoms with Gasteiger partial charge >= 0.3 is 0 Å². The van der Waals surface area contributed by atoms with E-state index in [0.717, 1.165) is 5.56 Å². The maximum Gasteiger partial charge on any atom is 0.250 e. The van der Waals surface area contributed by atoms with Gasteiger partial charge in [0.15, 0.2) is 5.11 Å². The third kappa shape index (κ3) is 5.84. The summed E-state index contributed by atoms with van der Waals surface area (Å²) in [5.41, 5.74) is 1.41. The Hall–Kier alpha value is -1.59. The molecule has 0 aromatic heterocycles. The maximum absolute atomic E-state index is 11.8. The Labute approximate surface area is 154 Å². The van der Waals surface area contributed by atoms with Gasteiger partial charge in [-0.25, -0.2) is 0 Å². The van der Waals surface area contributed by atoms with Gasteiger partial charge in [-0.15, -0.1) is 0 Å². The largest absolute Gasteiger partial charge is 0.331 e. The maximum atomic E-state index is 11.8. The van der Waals surface area contributed by atoms with Crippen molar-refractivity contribution in [2.45, 2.75) is 0 Å². The van der Waals surface area contributed by atoms with Gasteiger partial charge in [0.1, 0.15) is 0 Å². The molecule has 0 aliphatic carbocycles. The third-order valence-corrected chi connectivity index (χ3v) is 3.72. The van der Waals surface area contributed by atoms with Crippen molar-refractivity contribution in [1.29, 1.82) is 0 Å². The van der Waals surface area contributed by atoms with Crippen LogP contribution < -0.4 is 10.6 Å². The standard InChI is InChI=1S/C16H11Cl3N2OS/c17-11-4-1-10(2-5-11)3-8-15(22)21-16(23)20-14-7-6-12(18)9-13(14)19/h1-9H,(H2,20,21,22,23). The summed E-state index contributed by atoms with van der Waals surface area (Å²) in [6.45, 7) is 0. The monoisotopic (exact) mass is 384 g/mol. The molecule has 23 heavy (non-hydrogen) atoms. The van der Waals surface area contributed by atoms with E-state index in [4.69, 9.17) is 47.0 Å². The Bertz CT molecular complexity index is 760. The molecule has 2 aromatic rings. The Kier molecular flexibility index (Phi) is 6.42. The Morgan fingerprint density at radius 1 is 1.00 bits per heavy atom. The highest BCUT2D eigenvalue weighted by atomic mass is 35.5. The summed E-state index contributed by atoms with van der Waals surface area (Å²) in [5.74, 6) is -0.359. The van der Waals surface area contributed by atoms with E-state index in [-0.39, 0.29) is 11.0 Å². The molecule has 0 spiro atoms. The van der Waals surface area contributed by atoms with Crippen LogP contribution in [0.1, 0.15) is 5.56 Å². The number of rotatable bonds is 3. The first-order valence-electron chi connectivity index (χ1n) is 6.45. The van der Waals surface area contributed by atoms with Gasteiger partial charge < -0.3 is 5.32 Å². The van der Waals surface area contributed by atoms with Gasteiger partial charge in [0.2, 0.25) is 5.91 Å². The van der Waals surface area contributed by atoms with Gasteiger partial charge in [-0.3, -0.25) is 10.1 Å². The summed E-state index contributed by atoms with van der Waals surface area (Å²) < 4.78 is 0. The van der Waals surface area contributed by atoms with Crippen molar-refractivity contribution in [3.05, 3.63) is 69.2 Å². The van der Waals surface area contributed by atoms with E-state index < -0.39 is 0 Å². The van der Waals surface area contributed by atoms with E-state index in [1.165, 1.54) is 6.08 Å². The van der Waals surface area contributed by atoms with Crippen LogP contribution in [0, 0.1) is 0 Å². The molecule has 0 atom stereocenters. The summed E-state index contributed by atoms with van der Waals surface area (Å²) >= 11 is 22.7. The quantitative estimate of drug-likeness (QED) is 0.565. The average molecular weight is 386 g/mol. The van der Waals surface area contributed by atoms with Crippen LogP contribution in [0.4, 0.5) is 5.69 Å². The molecule has 0 fully saturated rings. The van der Waals surface area contributed by atoms with Gasteiger partial charge in [0.05, 0.1) is 10.7 Å². The number of carbonyl (C=O) groups is 1. The molecule has 118 valence electrons. The number of hydrogen-bond acceptors (Lipinski definition) is 2. The Morgan fingerprint density at radius 3 is 2.30 bits per heavy atom. The van der Waals surface area contributed by atoms with Gasteiger partial charge in [-0.1, -0.05) is 46.9 Å². The second-order valence-electron chi connectivity index (χ2n) is 4.45. The fourth-order valence-electron chi connectivity index (χ4n) is 1.64. The fourth-order valence-corrected chi connectivity index (χ4v) is 2.44. The molecule has 0 saturated heterocycles. The minimum atomic E-state index is -0.359. The molecule has 0 saturated carbocycles. The summed E-state index contributed by atoms with van der Waals surface area (Å²) in [4.78, 5) is 11.8. The Balaban J connectivity index is 1.91. The second-order valence-corrected chi connectivity index (χ2v) is 6.14. The molecular weight excluding hydrogens is 375 g/mol. The van der Waals surface area contributed by atoms with E-state index in [1.54, 1.807) is 48.5 Å². The van der Waals surface area contributed by atoms with Gasteiger partial charge in [0.25, 0.3) is 0 Å². The first kappa shape index (κ1) is 17.8. The molecule has 2 N–H and O–H groups in total. The molecule has 0 aliphatic rings. The van der Waals surface area contributed by atoms with E-state index in [1.807, 2.05) is 0 Å². The van der Waals surface area contributed by atoms with Crippen LogP contribution in [0.3, 0.4) is 0 Å². The van der Waals surface area contributed by atoms with Crippen molar-refractivity contribution >= 4 is 69.8 Å². The highest BCUT2D eigenvalue weighted by molar-refractivity contribution is 7.80. The number of thiocarbonyl (C=S) groups is 1. The lowest BCUT2D eigenvalue weighted by Crippen LogP contribution is -2.32. The zero-order valence-electron chi connectivity index (χ0n) is 11.6. The number of nitrogens with one attached hydrogen (secondary N) is 2. The second kappa shape index (κ2) is 8.31. The molecule has 0 heterocycles. The van der Waals surface area contributed by atoms with Crippen LogP contribution in [0.15, 0.2) is 48.5 Å². The number of carbonyl (C=O) groups excluding carboxylic acids is 1. The summed E-state index contributed by atoms with van der Waals surface area (Å²) in [6, 6.07) is 12.0. The summed E-state index contributed by atoms with van der Waals surface area (Å²) in [5, 5.41) is 7.06. The molecule has 3 nitrogen and oxygen atoms in total. The number of hydrogen-bond donors (Lipinski definition) is 2. The molecule has 2 aromatic carbocycles. The van der Waals surface area contributed by atoms with Gasteiger partial charge in [-0.05, 0) is 54.2 Å². The van der Waals surface area contributed by atoms with E-state index in [9.17, 15) is 4.79 Å². The van der Waals surface area contributed by atoms with Crippen molar-refractivity contribution in [1.82, 2.24) is 5.32 Å². The van der Waals surface area contributed by atoms with Crippen molar-refractivity contribution in [3.8, 4) is 0 Å². The molecule has 2 rings (SSSR count). The molecule has 0 bridgehead atoms. The van der Waals surface area contributed by atoms with Crippen LogP contribution in [-0.2, 0) is 4.79 Å². The van der Waals surface area contributed by atoms with Crippen molar-refractivity contribution < 1.29 is 4.79 Å².